The number of halogens is 3. The normalized spacial score (nSPS) is 20.9. The lowest BCUT2D eigenvalue weighted by molar-refractivity contribution is -0.150. The molecule has 0 aromatic heterocycles. The monoisotopic (exact) mass is 319 g/mol. The lowest BCUT2D eigenvalue weighted by Crippen LogP contribution is -2.30. The molecule has 0 aliphatic carbocycles. The van der Waals surface area contributed by atoms with Gasteiger partial charge in [-0.3, -0.25) is 4.79 Å². The molecule has 0 bridgehead atoms. The second-order valence-electron chi connectivity index (χ2n) is 4.54. The number of hydrogen-bond acceptors (Lipinski definition) is 4. The van der Waals surface area contributed by atoms with Crippen LogP contribution in [0.4, 0.5) is 18.9 Å². The highest BCUT2D eigenvalue weighted by atomic mass is 19.3. The molecule has 120 valence electrons. The average molecular weight is 319 g/mol. The second-order valence-corrected chi connectivity index (χ2v) is 4.54. The maximum atomic E-state index is 13.0. The number of amides is 1. The highest BCUT2D eigenvalue weighted by molar-refractivity contribution is 5.96. The zero-order valence-electron chi connectivity index (χ0n) is 11.1. The molecule has 1 amide bonds. The van der Waals surface area contributed by atoms with Crippen LogP contribution in [0.2, 0.25) is 0 Å². The molecule has 6 nitrogen and oxygen atoms in total. The van der Waals surface area contributed by atoms with Gasteiger partial charge in [0.2, 0.25) is 0 Å². The van der Waals surface area contributed by atoms with Gasteiger partial charge in [-0.2, -0.15) is 8.78 Å². The van der Waals surface area contributed by atoms with Crippen LogP contribution in [0.15, 0.2) is 18.2 Å². The van der Waals surface area contributed by atoms with Gasteiger partial charge in [-0.15, -0.1) is 0 Å². The molecule has 1 aromatic rings. The standard InChI is InChI=1S/C13H12F3NO5/c14-6-1-2-7(10(5-6)22-13(15)16)17-11(18)8-3-4-9(21-8)12(19)20/h1-2,5,8-9,13H,3-4H2,(H,17,18)(H,19,20)/t8-,9+/m0/s1. The summed E-state index contributed by atoms with van der Waals surface area (Å²) in [5.74, 6) is -3.24. The minimum Gasteiger partial charge on any atom is -0.479 e. The third kappa shape index (κ3) is 3.88. The van der Waals surface area contributed by atoms with E-state index in [0.717, 1.165) is 12.1 Å². The maximum absolute atomic E-state index is 13.0. The molecule has 2 rings (SSSR count). The minimum absolute atomic E-state index is 0.158. The number of alkyl halides is 2. The van der Waals surface area contributed by atoms with E-state index in [1.165, 1.54) is 0 Å². The minimum atomic E-state index is -3.18. The summed E-state index contributed by atoms with van der Waals surface area (Å²) < 4.78 is 46.7. The zero-order chi connectivity index (χ0) is 16.3. The topological polar surface area (TPSA) is 84.9 Å². The van der Waals surface area contributed by atoms with E-state index in [1.807, 2.05) is 0 Å². The number of ether oxygens (including phenoxy) is 2. The summed E-state index contributed by atoms with van der Waals surface area (Å²) in [7, 11) is 0. The van der Waals surface area contributed by atoms with Crippen molar-refractivity contribution in [1.29, 1.82) is 0 Å². The number of rotatable bonds is 5. The zero-order valence-corrected chi connectivity index (χ0v) is 11.1. The van der Waals surface area contributed by atoms with Gasteiger partial charge in [0, 0.05) is 6.07 Å². The molecule has 1 aromatic carbocycles. The molecule has 2 atom stereocenters. The Morgan fingerprint density at radius 1 is 1.32 bits per heavy atom. The molecule has 0 radical (unpaired) electrons. The molecule has 1 aliphatic rings. The van der Waals surface area contributed by atoms with Gasteiger partial charge in [-0.05, 0) is 25.0 Å². The summed E-state index contributed by atoms with van der Waals surface area (Å²) in [6.45, 7) is -3.18. The van der Waals surface area contributed by atoms with Crippen molar-refractivity contribution < 1.29 is 37.3 Å². The number of carbonyl (C=O) groups excluding carboxylic acids is 1. The predicted molar refractivity (Wildman–Crippen MR) is 67.2 cm³/mol. The van der Waals surface area contributed by atoms with Gasteiger partial charge in [0.15, 0.2) is 11.9 Å². The smallest absolute Gasteiger partial charge is 0.387 e. The number of anilines is 1. The first-order valence-corrected chi connectivity index (χ1v) is 6.30. The summed E-state index contributed by atoms with van der Waals surface area (Å²) in [6, 6.07) is 2.73. The third-order valence-electron chi connectivity index (χ3n) is 3.01. The number of benzene rings is 1. The molecule has 9 heteroatoms. The molecule has 0 unspecified atom stereocenters. The SMILES string of the molecule is O=C(Nc1ccc(F)cc1OC(F)F)[C@@H]1CC[C@H](C(=O)O)O1. The van der Waals surface area contributed by atoms with E-state index in [2.05, 4.69) is 10.1 Å². The van der Waals surface area contributed by atoms with Crippen molar-refractivity contribution in [2.75, 3.05) is 5.32 Å². The first-order valence-electron chi connectivity index (χ1n) is 6.30. The highest BCUT2D eigenvalue weighted by Gasteiger charge is 2.35. The summed E-state index contributed by atoms with van der Waals surface area (Å²) in [5.41, 5.74) is -0.158. The van der Waals surface area contributed by atoms with E-state index in [-0.39, 0.29) is 18.5 Å². The molecule has 0 spiro atoms. The second kappa shape index (κ2) is 6.65. The molecule has 22 heavy (non-hydrogen) atoms. The molecule has 2 N–H and O–H groups in total. The van der Waals surface area contributed by atoms with Gasteiger partial charge >= 0.3 is 12.6 Å². The van der Waals surface area contributed by atoms with Crippen LogP contribution in [0, 0.1) is 5.82 Å². The maximum Gasteiger partial charge on any atom is 0.387 e. The number of nitrogens with one attached hydrogen (secondary N) is 1. The molecule has 1 saturated heterocycles. The summed E-state index contributed by atoms with van der Waals surface area (Å²) >= 11 is 0. The Balaban J connectivity index is 2.07. The van der Waals surface area contributed by atoms with E-state index in [4.69, 9.17) is 9.84 Å². The molecule has 1 fully saturated rings. The van der Waals surface area contributed by atoms with E-state index in [1.54, 1.807) is 0 Å². The van der Waals surface area contributed by atoms with E-state index in [9.17, 15) is 22.8 Å². The Kier molecular flexibility index (Phi) is 4.86. The van der Waals surface area contributed by atoms with Crippen LogP contribution in [0.25, 0.3) is 0 Å². The van der Waals surface area contributed by atoms with Crippen molar-refractivity contribution in [2.24, 2.45) is 0 Å². The Hall–Kier alpha value is -2.29. The predicted octanol–water partition coefficient (Wildman–Crippen LogP) is 2.00. The Bertz CT molecular complexity index is 581. The molecular formula is C13H12F3NO5. The van der Waals surface area contributed by atoms with Crippen molar-refractivity contribution in [2.45, 2.75) is 31.7 Å². The fourth-order valence-corrected chi connectivity index (χ4v) is 2.02. The van der Waals surface area contributed by atoms with Gasteiger partial charge in [0.05, 0.1) is 5.69 Å². The van der Waals surface area contributed by atoms with Gasteiger partial charge in [-0.1, -0.05) is 0 Å². The fourth-order valence-electron chi connectivity index (χ4n) is 2.02. The molecule has 0 saturated carbocycles. The van der Waals surface area contributed by atoms with Crippen molar-refractivity contribution in [1.82, 2.24) is 0 Å². The molecule has 1 aliphatic heterocycles. The van der Waals surface area contributed by atoms with Crippen molar-refractivity contribution >= 4 is 17.6 Å². The van der Waals surface area contributed by atoms with Crippen LogP contribution in [-0.2, 0) is 14.3 Å². The van der Waals surface area contributed by atoms with Gasteiger partial charge in [0.1, 0.15) is 11.9 Å². The third-order valence-corrected chi connectivity index (χ3v) is 3.01. The van der Waals surface area contributed by atoms with Gasteiger partial charge < -0.3 is 19.9 Å². The largest absolute Gasteiger partial charge is 0.479 e. The quantitative estimate of drug-likeness (QED) is 0.867. The number of hydrogen-bond donors (Lipinski definition) is 2. The van der Waals surface area contributed by atoms with E-state index >= 15 is 0 Å². The first kappa shape index (κ1) is 16.1. The molecule has 1 heterocycles. The number of carboxylic acids is 1. The first-order chi connectivity index (χ1) is 10.4. The van der Waals surface area contributed by atoms with Crippen LogP contribution in [0.1, 0.15) is 12.8 Å². The Labute approximate surface area is 122 Å². The Morgan fingerprint density at radius 2 is 2.00 bits per heavy atom. The average Bonchev–Trinajstić information content (AvgIpc) is 2.91. The van der Waals surface area contributed by atoms with Crippen LogP contribution < -0.4 is 10.1 Å². The fraction of sp³-hybridized carbons (Fsp3) is 0.385. The molecular weight excluding hydrogens is 307 g/mol. The number of carbonyl (C=O) groups is 2. The van der Waals surface area contributed by atoms with Gasteiger partial charge in [0.25, 0.3) is 5.91 Å². The van der Waals surface area contributed by atoms with Crippen LogP contribution in [-0.4, -0.2) is 35.8 Å². The summed E-state index contributed by atoms with van der Waals surface area (Å²) in [6.07, 6.45) is -1.77. The van der Waals surface area contributed by atoms with Crippen molar-refractivity contribution in [3.05, 3.63) is 24.0 Å². The van der Waals surface area contributed by atoms with Crippen LogP contribution >= 0.6 is 0 Å². The number of carboxylic acid groups (broad SMARTS) is 1. The van der Waals surface area contributed by atoms with Crippen LogP contribution in [0.5, 0.6) is 5.75 Å². The van der Waals surface area contributed by atoms with Gasteiger partial charge in [-0.25, -0.2) is 9.18 Å². The lowest BCUT2D eigenvalue weighted by atomic mass is 10.2. The highest BCUT2D eigenvalue weighted by Crippen LogP contribution is 2.28. The van der Waals surface area contributed by atoms with Crippen molar-refractivity contribution in [3.8, 4) is 5.75 Å². The van der Waals surface area contributed by atoms with Crippen molar-refractivity contribution in [3.63, 3.8) is 0 Å². The number of aliphatic carboxylic acids is 1. The summed E-state index contributed by atoms with van der Waals surface area (Å²) in [4.78, 5) is 22.7. The lowest BCUT2D eigenvalue weighted by Gasteiger charge is -2.15. The van der Waals surface area contributed by atoms with E-state index < -0.39 is 42.3 Å². The van der Waals surface area contributed by atoms with Crippen LogP contribution in [0.3, 0.4) is 0 Å². The Morgan fingerprint density at radius 3 is 2.59 bits per heavy atom. The summed E-state index contributed by atoms with van der Waals surface area (Å²) in [5, 5.41) is 11.0. The van der Waals surface area contributed by atoms with E-state index in [0.29, 0.717) is 6.07 Å².